The van der Waals surface area contributed by atoms with E-state index in [0.717, 1.165) is 32.5 Å². The lowest BCUT2D eigenvalue weighted by molar-refractivity contribution is 0.161. The Morgan fingerprint density at radius 2 is 1.85 bits per heavy atom. The molecule has 0 bridgehead atoms. The molecule has 2 atom stereocenters. The van der Waals surface area contributed by atoms with Crippen LogP contribution in [0.4, 0.5) is 4.79 Å². The number of carbonyl (C=O) groups is 1. The van der Waals surface area contributed by atoms with Gasteiger partial charge >= 0.3 is 6.03 Å². The number of nitrogens with one attached hydrogen (secondary N) is 1. The number of amides is 2. The van der Waals surface area contributed by atoms with Gasteiger partial charge in [0, 0.05) is 26.3 Å². The van der Waals surface area contributed by atoms with Gasteiger partial charge in [-0.1, -0.05) is 54.6 Å². The van der Waals surface area contributed by atoms with Gasteiger partial charge in [-0.15, -0.1) is 0 Å². The zero-order valence-electron chi connectivity index (χ0n) is 15.1. The van der Waals surface area contributed by atoms with Crippen molar-refractivity contribution in [3.8, 4) is 0 Å². The highest BCUT2D eigenvalue weighted by Crippen LogP contribution is 2.33. The first kappa shape index (κ1) is 17.1. The van der Waals surface area contributed by atoms with Crippen molar-refractivity contribution in [2.45, 2.75) is 31.8 Å². The minimum atomic E-state index is 0.0345. The van der Waals surface area contributed by atoms with Crippen LogP contribution in [0.1, 0.15) is 35.6 Å². The Hall–Kier alpha value is -2.33. The highest BCUT2D eigenvalue weighted by Gasteiger charge is 2.30. The number of ether oxygens (including phenoxy) is 1. The molecule has 2 heterocycles. The highest BCUT2D eigenvalue weighted by molar-refractivity contribution is 5.75. The van der Waals surface area contributed by atoms with Crippen molar-refractivity contribution in [2.24, 2.45) is 5.92 Å². The molecular weight excluding hydrogens is 324 g/mol. The summed E-state index contributed by atoms with van der Waals surface area (Å²) in [6.45, 7) is 3.07. The first-order valence-corrected chi connectivity index (χ1v) is 9.55. The van der Waals surface area contributed by atoms with E-state index in [-0.39, 0.29) is 12.1 Å². The fourth-order valence-electron chi connectivity index (χ4n) is 4.01. The Balaban J connectivity index is 1.48. The Kier molecular flexibility index (Phi) is 5.21. The minimum absolute atomic E-state index is 0.0345. The summed E-state index contributed by atoms with van der Waals surface area (Å²) in [4.78, 5) is 14.9. The summed E-state index contributed by atoms with van der Waals surface area (Å²) in [6, 6.07) is 18.9. The third kappa shape index (κ3) is 3.75. The van der Waals surface area contributed by atoms with Gasteiger partial charge in [0.2, 0.25) is 0 Å². The quantitative estimate of drug-likeness (QED) is 0.908. The van der Waals surface area contributed by atoms with Crippen LogP contribution in [0.3, 0.4) is 0 Å². The van der Waals surface area contributed by atoms with Crippen LogP contribution in [-0.2, 0) is 17.7 Å². The number of benzene rings is 2. The number of hydrogen-bond acceptors (Lipinski definition) is 2. The Morgan fingerprint density at radius 3 is 2.62 bits per heavy atom. The molecule has 4 rings (SSSR count). The zero-order chi connectivity index (χ0) is 17.8. The first-order chi connectivity index (χ1) is 12.8. The van der Waals surface area contributed by atoms with Crippen molar-refractivity contribution in [2.75, 3.05) is 19.8 Å². The minimum Gasteiger partial charge on any atom is -0.381 e. The highest BCUT2D eigenvalue weighted by atomic mass is 16.5. The molecule has 2 aromatic rings. The van der Waals surface area contributed by atoms with Gasteiger partial charge in [0.05, 0.1) is 6.04 Å². The standard InChI is InChI=1S/C22H26N2O2/c25-22(23-12-10-17-11-13-26-16-17)24-15-20-9-5-4-8-19(20)14-21(24)18-6-2-1-3-7-18/h1-9,17,21H,10-16H2,(H,23,25). The molecule has 0 aromatic heterocycles. The summed E-state index contributed by atoms with van der Waals surface area (Å²) in [5, 5.41) is 3.14. The molecule has 1 saturated heterocycles. The smallest absolute Gasteiger partial charge is 0.318 e. The van der Waals surface area contributed by atoms with Crippen molar-refractivity contribution < 1.29 is 9.53 Å². The second-order valence-electron chi connectivity index (χ2n) is 7.28. The maximum Gasteiger partial charge on any atom is 0.318 e. The first-order valence-electron chi connectivity index (χ1n) is 9.55. The van der Waals surface area contributed by atoms with Crippen LogP contribution in [0.25, 0.3) is 0 Å². The predicted molar refractivity (Wildman–Crippen MR) is 102 cm³/mol. The van der Waals surface area contributed by atoms with E-state index in [4.69, 9.17) is 4.74 Å². The third-order valence-corrected chi connectivity index (χ3v) is 5.55. The SMILES string of the molecule is O=C(NCCC1CCOC1)N1Cc2ccccc2CC1c1ccccc1. The van der Waals surface area contributed by atoms with Crippen LogP contribution in [0.15, 0.2) is 54.6 Å². The number of fused-ring (bicyclic) bond motifs is 1. The Labute approximate surface area is 155 Å². The summed E-state index contributed by atoms with van der Waals surface area (Å²) in [5.74, 6) is 0.585. The second-order valence-corrected chi connectivity index (χ2v) is 7.28. The molecule has 2 aliphatic heterocycles. The molecule has 4 nitrogen and oxygen atoms in total. The summed E-state index contributed by atoms with van der Waals surface area (Å²) in [5.41, 5.74) is 3.79. The Bertz CT molecular complexity index is 741. The van der Waals surface area contributed by atoms with Crippen molar-refractivity contribution >= 4 is 6.03 Å². The van der Waals surface area contributed by atoms with Crippen molar-refractivity contribution in [1.29, 1.82) is 0 Å². The largest absolute Gasteiger partial charge is 0.381 e. The molecule has 2 aromatic carbocycles. The molecule has 0 aliphatic carbocycles. The van der Waals surface area contributed by atoms with E-state index in [1.807, 2.05) is 23.1 Å². The average molecular weight is 350 g/mol. The number of nitrogens with zero attached hydrogens (tertiary/aromatic N) is 1. The van der Waals surface area contributed by atoms with Gasteiger partial charge in [0.15, 0.2) is 0 Å². The molecule has 136 valence electrons. The monoisotopic (exact) mass is 350 g/mol. The number of carbonyl (C=O) groups excluding carboxylic acids is 1. The average Bonchev–Trinajstić information content (AvgIpc) is 3.21. The number of rotatable bonds is 4. The normalized spacial score (nSPS) is 22.1. The van der Waals surface area contributed by atoms with Gasteiger partial charge in [0.1, 0.15) is 0 Å². The van der Waals surface area contributed by atoms with Gasteiger partial charge < -0.3 is 15.0 Å². The number of hydrogen-bond donors (Lipinski definition) is 1. The molecule has 1 N–H and O–H groups in total. The van der Waals surface area contributed by atoms with E-state index in [9.17, 15) is 4.79 Å². The molecule has 2 unspecified atom stereocenters. The van der Waals surface area contributed by atoms with Crippen LogP contribution in [0.2, 0.25) is 0 Å². The van der Waals surface area contributed by atoms with Gasteiger partial charge in [-0.05, 0) is 41.9 Å². The van der Waals surface area contributed by atoms with Gasteiger partial charge in [-0.2, -0.15) is 0 Å². The summed E-state index contributed by atoms with van der Waals surface area (Å²) >= 11 is 0. The molecule has 0 radical (unpaired) electrons. The van der Waals surface area contributed by atoms with E-state index in [2.05, 4.69) is 41.7 Å². The Morgan fingerprint density at radius 1 is 1.08 bits per heavy atom. The molecule has 2 aliphatic rings. The van der Waals surface area contributed by atoms with E-state index in [1.54, 1.807) is 0 Å². The lowest BCUT2D eigenvalue weighted by Crippen LogP contribution is -2.45. The molecular formula is C22H26N2O2. The molecule has 26 heavy (non-hydrogen) atoms. The van der Waals surface area contributed by atoms with Crippen molar-refractivity contribution in [1.82, 2.24) is 10.2 Å². The fraction of sp³-hybridized carbons (Fsp3) is 0.409. The molecule has 1 fully saturated rings. The predicted octanol–water partition coefficient (Wildman–Crippen LogP) is 3.92. The van der Waals surface area contributed by atoms with E-state index in [0.29, 0.717) is 19.0 Å². The maximum atomic E-state index is 12.9. The van der Waals surface area contributed by atoms with Gasteiger partial charge in [0.25, 0.3) is 0 Å². The summed E-state index contributed by atoms with van der Waals surface area (Å²) < 4.78 is 5.42. The topological polar surface area (TPSA) is 41.6 Å². The maximum absolute atomic E-state index is 12.9. The van der Waals surface area contributed by atoms with Crippen LogP contribution in [-0.4, -0.2) is 30.7 Å². The van der Waals surface area contributed by atoms with Gasteiger partial charge in [-0.3, -0.25) is 0 Å². The van der Waals surface area contributed by atoms with Crippen LogP contribution >= 0.6 is 0 Å². The van der Waals surface area contributed by atoms with E-state index < -0.39 is 0 Å². The van der Waals surface area contributed by atoms with Gasteiger partial charge in [-0.25, -0.2) is 4.79 Å². The lowest BCUT2D eigenvalue weighted by atomic mass is 9.90. The molecule has 0 spiro atoms. The van der Waals surface area contributed by atoms with Crippen LogP contribution < -0.4 is 5.32 Å². The fourth-order valence-corrected chi connectivity index (χ4v) is 4.01. The molecule has 0 saturated carbocycles. The van der Waals surface area contributed by atoms with Crippen LogP contribution in [0, 0.1) is 5.92 Å². The van der Waals surface area contributed by atoms with Crippen molar-refractivity contribution in [3.63, 3.8) is 0 Å². The van der Waals surface area contributed by atoms with Crippen molar-refractivity contribution in [3.05, 3.63) is 71.3 Å². The zero-order valence-corrected chi connectivity index (χ0v) is 15.1. The summed E-state index contributed by atoms with van der Waals surface area (Å²) in [6.07, 6.45) is 2.97. The summed E-state index contributed by atoms with van der Waals surface area (Å²) in [7, 11) is 0. The second kappa shape index (κ2) is 7.92. The number of urea groups is 1. The van der Waals surface area contributed by atoms with E-state index in [1.165, 1.54) is 16.7 Å². The lowest BCUT2D eigenvalue weighted by Gasteiger charge is -2.37. The van der Waals surface area contributed by atoms with Crippen LogP contribution in [0.5, 0.6) is 0 Å². The van der Waals surface area contributed by atoms with E-state index >= 15 is 0 Å². The molecule has 4 heteroatoms. The molecule has 2 amide bonds. The third-order valence-electron chi connectivity index (χ3n) is 5.55.